The number of benzene rings is 2. The van der Waals surface area contributed by atoms with Crippen LogP contribution in [0.2, 0.25) is 0 Å². The predicted octanol–water partition coefficient (Wildman–Crippen LogP) is 3.85. The summed E-state index contributed by atoms with van der Waals surface area (Å²) >= 11 is 0. The first-order chi connectivity index (χ1) is 15.0. The Balaban J connectivity index is 1.48. The zero-order valence-corrected chi connectivity index (χ0v) is 16.5. The Hall–Kier alpha value is -4.34. The van der Waals surface area contributed by atoms with Crippen molar-refractivity contribution in [3.63, 3.8) is 0 Å². The zero-order valence-electron chi connectivity index (χ0n) is 16.5. The molecule has 31 heavy (non-hydrogen) atoms. The highest BCUT2D eigenvalue weighted by Crippen LogP contribution is 2.19. The Kier molecular flexibility index (Phi) is 5.52. The van der Waals surface area contributed by atoms with E-state index in [1.165, 1.54) is 16.8 Å². The molecule has 156 valence electrons. The van der Waals surface area contributed by atoms with Gasteiger partial charge in [-0.2, -0.15) is 9.67 Å². The van der Waals surface area contributed by atoms with Gasteiger partial charge in [0.1, 0.15) is 5.82 Å². The molecule has 0 spiro atoms. The van der Waals surface area contributed by atoms with E-state index in [1.807, 2.05) is 24.3 Å². The Labute approximate surface area is 176 Å². The fraction of sp³-hybridized carbons (Fsp3) is 0.0952. The average Bonchev–Trinajstić information content (AvgIpc) is 3.16. The van der Waals surface area contributed by atoms with E-state index >= 15 is 0 Å². The fourth-order valence-corrected chi connectivity index (χ4v) is 2.77. The van der Waals surface area contributed by atoms with Crippen LogP contribution in [-0.2, 0) is 11.3 Å². The molecule has 1 amide bonds. The lowest BCUT2D eigenvalue weighted by atomic mass is 10.2. The molecule has 0 aliphatic heterocycles. The number of carbonyl (C=O) groups is 1. The normalized spacial score (nSPS) is 10.6. The summed E-state index contributed by atoms with van der Waals surface area (Å²) in [5.74, 6) is 0.280. The van der Waals surface area contributed by atoms with Gasteiger partial charge in [-0.1, -0.05) is 30.0 Å². The lowest BCUT2D eigenvalue weighted by Gasteiger charge is -2.08. The summed E-state index contributed by atoms with van der Waals surface area (Å²) in [7, 11) is 0. The highest BCUT2D eigenvalue weighted by atomic mass is 19.1. The van der Waals surface area contributed by atoms with Gasteiger partial charge in [0.05, 0.1) is 17.6 Å². The maximum absolute atomic E-state index is 13.6. The fourth-order valence-electron chi connectivity index (χ4n) is 2.77. The number of nitrogens with zero attached hydrogens (tertiary/aromatic N) is 5. The molecule has 10 heteroatoms. The number of ether oxygens (including phenoxy) is 1. The molecule has 0 saturated carbocycles. The standard InChI is InChI=1S/C21H18FN7O2/c1-13(2)31-21(30)24-11-14-6-8-16(9-7-14)25-20-23-12-18-19(26-20)29(28-27-18)17-5-3-4-15(22)10-17/h3-10,12H,1,11H2,2H3,(H,24,30)(H,23,25,26). The van der Waals surface area contributed by atoms with Crippen LogP contribution < -0.4 is 10.6 Å². The monoisotopic (exact) mass is 419 g/mol. The van der Waals surface area contributed by atoms with Crippen LogP contribution in [0.1, 0.15) is 12.5 Å². The highest BCUT2D eigenvalue weighted by Gasteiger charge is 2.11. The van der Waals surface area contributed by atoms with Crippen molar-refractivity contribution in [2.24, 2.45) is 0 Å². The summed E-state index contributed by atoms with van der Waals surface area (Å²) in [5, 5.41) is 13.8. The largest absolute Gasteiger partial charge is 0.416 e. The number of nitrogens with one attached hydrogen (secondary N) is 2. The third-order valence-corrected chi connectivity index (χ3v) is 4.16. The molecule has 2 heterocycles. The van der Waals surface area contributed by atoms with Gasteiger partial charge in [0.2, 0.25) is 5.95 Å². The molecule has 0 unspecified atom stereocenters. The highest BCUT2D eigenvalue weighted by molar-refractivity contribution is 5.73. The first-order valence-corrected chi connectivity index (χ1v) is 9.29. The summed E-state index contributed by atoms with van der Waals surface area (Å²) in [6.07, 6.45) is 0.985. The van der Waals surface area contributed by atoms with Crippen molar-refractivity contribution < 1.29 is 13.9 Å². The molecule has 0 bridgehead atoms. The number of alkyl carbamates (subject to hydrolysis) is 1. The Morgan fingerprint density at radius 2 is 2.03 bits per heavy atom. The van der Waals surface area contributed by atoms with Gasteiger partial charge in [0, 0.05) is 12.2 Å². The summed E-state index contributed by atoms with van der Waals surface area (Å²) in [6, 6.07) is 13.4. The van der Waals surface area contributed by atoms with Crippen molar-refractivity contribution in [2.45, 2.75) is 13.5 Å². The van der Waals surface area contributed by atoms with Gasteiger partial charge in [0.15, 0.2) is 11.2 Å². The number of halogens is 1. The maximum Gasteiger partial charge on any atom is 0.412 e. The van der Waals surface area contributed by atoms with Gasteiger partial charge >= 0.3 is 6.09 Å². The van der Waals surface area contributed by atoms with Crippen LogP contribution in [0.15, 0.2) is 67.1 Å². The van der Waals surface area contributed by atoms with Gasteiger partial charge in [-0.3, -0.25) is 0 Å². The van der Waals surface area contributed by atoms with Crippen LogP contribution in [0.3, 0.4) is 0 Å². The van der Waals surface area contributed by atoms with E-state index in [-0.39, 0.29) is 5.82 Å². The SMILES string of the molecule is C=C(C)OC(=O)NCc1ccc(Nc2ncc3nnn(-c4cccc(F)c4)c3n2)cc1. The average molecular weight is 419 g/mol. The molecule has 0 fully saturated rings. The number of aromatic nitrogens is 5. The third-order valence-electron chi connectivity index (χ3n) is 4.16. The summed E-state index contributed by atoms with van der Waals surface area (Å²) in [4.78, 5) is 20.2. The Morgan fingerprint density at radius 1 is 1.23 bits per heavy atom. The summed E-state index contributed by atoms with van der Waals surface area (Å²) < 4.78 is 19.9. The van der Waals surface area contributed by atoms with E-state index in [4.69, 9.17) is 4.74 Å². The first kappa shape index (κ1) is 20.0. The molecule has 4 rings (SSSR count). The smallest absolute Gasteiger partial charge is 0.412 e. The van der Waals surface area contributed by atoms with Crippen LogP contribution in [0, 0.1) is 5.82 Å². The predicted molar refractivity (Wildman–Crippen MR) is 112 cm³/mol. The van der Waals surface area contributed by atoms with Gasteiger partial charge in [-0.05, 0) is 42.8 Å². The second kappa shape index (κ2) is 8.57. The van der Waals surface area contributed by atoms with E-state index in [9.17, 15) is 9.18 Å². The lowest BCUT2D eigenvalue weighted by Crippen LogP contribution is -2.22. The third kappa shape index (κ3) is 4.81. The molecule has 0 atom stereocenters. The molecule has 0 aliphatic rings. The molecular formula is C21H18FN7O2. The minimum absolute atomic E-state index is 0.313. The number of hydrogen-bond acceptors (Lipinski definition) is 7. The first-order valence-electron chi connectivity index (χ1n) is 9.29. The second-order valence-corrected chi connectivity index (χ2v) is 6.65. The topological polar surface area (TPSA) is 107 Å². The maximum atomic E-state index is 13.6. The minimum Gasteiger partial charge on any atom is -0.416 e. The number of anilines is 2. The van der Waals surface area contributed by atoms with Crippen LogP contribution in [0.4, 0.5) is 20.8 Å². The summed E-state index contributed by atoms with van der Waals surface area (Å²) in [5.41, 5.74) is 3.07. The Bertz CT molecular complexity index is 1250. The van der Waals surface area contributed by atoms with E-state index in [1.54, 1.807) is 25.3 Å². The number of fused-ring (bicyclic) bond motifs is 1. The molecule has 0 saturated heterocycles. The molecule has 4 aromatic rings. The van der Waals surface area contributed by atoms with Gasteiger partial charge in [0.25, 0.3) is 0 Å². The van der Waals surface area contributed by atoms with Crippen molar-refractivity contribution in [1.29, 1.82) is 0 Å². The molecular weight excluding hydrogens is 401 g/mol. The molecule has 2 aromatic carbocycles. The van der Waals surface area contributed by atoms with Gasteiger partial charge in [-0.15, -0.1) is 5.10 Å². The molecule has 2 N–H and O–H groups in total. The summed E-state index contributed by atoms with van der Waals surface area (Å²) in [6.45, 7) is 5.42. The number of carbonyl (C=O) groups excluding carboxylic acids is 1. The molecule has 9 nitrogen and oxygen atoms in total. The molecule has 0 aliphatic carbocycles. The van der Waals surface area contributed by atoms with E-state index in [0.29, 0.717) is 35.1 Å². The zero-order chi connectivity index (χ0) is 21.8. The quantitative estimate of drug-likeness (QED) is 0.457. The van der Waals surface area contributed by atoms with Gasteiger partial charge < -0.3 is 15.4 Å². The Morgan fingerprint density at radius 3 is 2.77 bits per heavy atom. The van der Waals surface area contributed by atoms with Crippen LogP contribution in [0.25, 0.3) is 16.9 Å². The van der Waals surface area contributed by atoms with Crippen LogP contribution >= 0.6 is 0 Å². The van der Waals surface area contributed by atoms with Crippen molar-refractivity contribution in [3.05, 3.63) is 78.4 Å². The minimum atomic E-state index is -0.556. The lowest BCUT2D eigenvalue weighted by molar-refractivity contribution is 0.176. The van der Waals surface area contributed by atoms with Crippen molar-refractivity contribution in [3.8, 4) is 5.69 Å². The van der Waals surface area contributed by atoms with Crippen molar-refractivity contribution in [2.75, 3.05) is 5.32 Å². The number of allylic oxidation sites excluding steroid dienone is 1. The molecule has 0 radical (unpaired) electrons. The van der Waals surface area contributed by atoms with Gasteiger partial charge in [-0.25, -0.2) is 14.2 Å². The van der Waals surface area contributed by atoms with E-state index < -0.39 is 6.09 Å². The van der Waals surface area contributed by atoms with Crippen LogP contribution in [-0.4, -0.2) is 31.1 Å². The van der Waals surface area contributed by atoms with E-state index in [0.717, 1.165) is 11.3 Å². The number of rotatable bonds is 6. The van der Waals surface area contributed by atoms with Crippen LogP contribution in [0.5, 0.6) is 0 Å². The van der Waals surface area contributed by atoms with Crippen molar-refractivity contribution in [1.82, 2.24) is 30.3 Å². The number of amides is 1. The number of hydrogen-bond donors (Lipinski definition) is 2. The molecule has 2 aromatic heterocycles. The van der Waals surface area contributed by atoms with E-state index in [2.05, 4.69) is 37.5 Å². The second-order valence-electron chi connectivity index (χ2n) is 6.65. The van der Waals surface area contributed by atoms with Crippen molar-refractivity contribution >= 4 is 28.9 Å².